The molecule has 0 radical (unpaired) electrons. The van der Waals surface area contributed by atoms with Crippen LogP contribution in [0.3, 0.4) is 0 Å². The first-order valence-electron chi connectivity index (χ1n) is 3.64. The van der Waals surface area contributed by atoms with Gasteiger partial charge < -0.3 is 15.2 Å². The van der Waals surface area contributed by atoms with Crippen LogP contribution in [0.2, 0.25) is 0 Å². The number of nitrogens with two attached hydrogens (primary N) is 2. The van der Waals surface area contributed by atoms with Gasteiger partial charge in [-0.2, -0.15) is 0 Å². The average Bonchev–Trinajstić information content (AvgIpc) is 2.10. The van der Waals surface area contributed by atoms with Crippen molar-refractivity contribution >= 4 is 5.96 Å². The second-order valence-electron chi connectivity index (χ2n) is 2.02. The van der Waals surface area contributed by atoms with E-state index in [0.717, 1.165) is 0 Å². The predicted octanol–water partition coefficient (Wildman–Crippen LogP) is -1.57. The van der Waals surface area contributed by atoms with Crippen LogP contribution in [0.5, 0.6) is 0 Å². The lowest BCUT2D eigenvalue weighted by molar-refractivity contribution is 0.0748. The molecule has 0 aliphatic heterocycles. The van der Waals surface area contributed by atoms with E-state index in [1.807, 2.05) is 0 Å². The van der Waals surface area contributed by atoms with E-state index < -0.39 is 0 Å². The molecule has 72 valence electrons. The van der Waals surface area contributed by atoms with Crippen LogP contribution in [-0.2, 0) is 9.47 Å². The Bertz CT molecular complexity index is 129. The number of guanidine groups is 1. The fraction of sp³-hybridized carbons (Fsp3) is 0.833. The third kappa shape index (κ3) is 7.26. The number of rotatable bonds is 6. The summed E-state index contributed by atoms with van der Waals surface area (Å²) in [5, 5.41) is 0. The van der Waals surface area contributed by atoms with Crippen LogP contribution in [0.25, 0.3) is 0 Å². The Morgan fingerprint density at radius 3 is 2.75 bits per heavy atom. The summed E-state index contributed by atoms with van der Waals surface area (Å²) in [5.41, 5.74) is 7.46. The van der Waals surface area contributed by atoms with Crippen LogP contribution >= 0.6 is 0 Å². The van der Waals surface area contributed by atoms with E-state index in [-0.39, 0.29) is 5.96 Å². The summed E-state index contributed by atoms with van der Waals surface area (Å²) in [7, 11) is 1.62. The third-order valence-electron chi connectivity index (χ3n) is 1.10. The van der Waals surface area contributed by atoms with E-state index in [1.54, 1.807) is 7.11 Å². The number of hydrogen-bond acceptors (Lipinski definition) is 4. The number of hydrogen-bond donors (Lipinski definition) is 3. The first-order chi connectivity index (χ1) is 5.81. The van der Waals surface area contributed by atoms with Gasteiger partial charge in [0.25, 0.3) is 0 Å². The molecule has 0 aliphatic rings. The molecule has 0 aromatic carbocycles. The topological polar surface area (TPSA) is 94.9 Å². The maximum atomic E-state index is 5.25. The molecular weight excluding hydrogens is 160 g/mol. The highest BCUT2D eigenvalue weighted by Gasteiger charge is 1.87. The van der Waals surface area contributed by atoms with Gasteiger partial charge in [-0.1, -0.05) is 0 Å². The van der Waals surface area contributed by atoms with Gasteiger partial charge in [0.05, 0.1) is 26.4 Å². The molecule has 0 aromatic rings. The van der Waals surface area contributed by atoms with Crippen LogP contribution in [0.4, 0.5) is 0 Å². The van der Waals surface area contributed by atoms with Crippen LogP contribution in [0.1, 0.15) is 0 Å². The van der Waals surface area contributed by atoms with Crippen LogP contribution in [-0.4, -0.2) is 39.4 Å². The highest BCUT2D eigenvalue weighted by Crippen LogP contribution is 1.77. The highest BCUT2D eigenvalue weighted by atomic mass is 16.5. The van der Waals surface area contributed by atoms with Gasteiger partial charge in [0.1, 0.15) is 0 Å². The zero-order valence-corrected chi connectivity index (χ0v) is 7.25. The molecule has 0 unspecified atom stereocenters. The zero-order valence-electron chi connectivity index (χ0n) is 7.25. The fourth-order valence-corrected chi connectivity index (χ4v) is 0.521. The van der Waals surface area contributed by atoms with Gasteiger partial charge in [-0.3, -0.25) is 5.43 Å². The second-order valence-corrected chi connectivity index (χ2v) is 2.02. The number of hydrazine groups is 1. The Labute approximate surface area is 71.9 Å². The lowest BCUT2D eigenvalue weighted by Gasteiger charge is -2.01. The molecule has 0 amide bonds. The molecule has 6 heteroatoms. The number of aliphatic imine (C=N–C) groups is 1. The van der Waals surface area contributed by atoms with Crippen molar-refractivity contribution in [2.24, 2.45) is 16.6 Å². The third-order valence-corrected chi connectivity index (χ3v) is 1.10. The monoisotopic (exact) mass is 176 g/mol. The van der Waals surface area contributed by atoms with Gasteiger partial charge in [0.2, 0.25) is 5.96 Å². The van der Waals surface area contributed by atoms with Gasteiger partial charge >= 0.3 is 0 Å². The molecule has 0 aromatic heterocycles. The van der Waals surface area contributed by atoms with Crippen molar-refractivity contribution < 1.29 is 9.47 Å². The van der Waals surface area contributed by atoms with E-state index >= 15 is 0 Å². The molecule has 0 heterocycles. The van der Waals surface area contributed by atoms with Crippen LogP contribution in [0, 0.1) is 0 Å². The standard InChI is InChI=1S/C6H16N4O2/c1-11-4-5-12-3-2-9-6(7)10-8/h2-5,8H2,1H3,(H3,7,9,10). The van der Waals surface area contributed by atoms with E-state index in [4.69, 9.17) is 21.1 Å². The maximum Gasteiger partial charge on any atom is 0.203 e. The minimum absolute atomic E-state index is 0.213. The number of ether oxygens (including phenoxy) is 2. The SMILES string of the molecule is COCCOCCN=C(N)NN. The van der Waals surface area contributed by atoms with E-state index in [9.17, 15) is 0 Å². The molecule has 0 aliphatic carbocycles. The average molecular weight is 176 g/mol. The highest BCUT2D eigenvalue weighted by molar-refractivity contribution is 5.77. The molecule has 0 atom stereocenters. The molecule has 0 fully saturated rings. The number of methoxy groups -OCH3 is 1. The minimum atomic E-state index is 0.213. The molecule has 0 saturated heterocycles. The van der Waals surface area contributed by atoms with Crippen molar-refractivity contribution in [3.63, 3.8) is 0 Å². The van der Waals surface area contributed by atoms with Crippen molar-refractivity contribution in [2.45, 2.75) is 0 Å². The fourth-order valence-electron chi connectivity index (χ4n) is 0.521. The van der Waals surface area contributed by atoms with Gasteiger partial charge in [-0.15, -0.1) is 0 Å². The van der Waals surface area contributed by atoms with Crippen LogP contribution in [0.15, 0.2) is 4.99 Å². The predicted molar refractivity (Wildman–Crippen MR) is 46.5 cm³/mol. The molecule has 0 saturated carbocycles. The van der Waals surface area contributed by atoms with Crippen molar-refractivity contribution in [3.05, 3.63) is 0 Å². The maximum absolute atomic E-state index is 5.25. The number of nitrogens with one attached hydrogen (secondary N) is 1. The summed E-state index contributed by atoms with van der Waals surface area (Å²) in [6.45, 7) is 2.18. The van der Waals surface area contributed by atoms with Crippen LogP contribution < -0.4 is 17.0 Å². The Kier molecular flexibility index (Phi) is 7.66. The minimum Gasteiger partial charge on any atom is -0.382 e. The van der Waals surface area contributed by atoms with Gasteiger partial charge in [-0.25, -0.2) is 10.8 Å². The molecule has 0 rings (SSSR count). The first kappa shape index (κ1) is 11.2. The van der Waals surface area contributed by atoms with Crippen molar-refractivity contribution in [1.29, 1.82) is 0 Å². The molecule has 0 spiro atoms. The Balaban J connectivity index is 3.10. The van der Waals surface area contributed by atoms with Crippen molar-refractivity contribution in [1.82, 2.24) is 5.43 Å². The van der Waals surface area contributed by atoms with Crippen molar-refractivity contribution in [3.8, 4) is 0 Å². The van der Waals surface area contributed by atoms with Gasteiger partial charge in [-0.05, 0) is 0 Å². The quantitative estimate of drug-likeness (QED) is 0.149. The normalized spacial score (nSPS) is 11.7. The van der Waals surface area contributed by atoms with Crippen molar-refractivity contribution in [2.75, 3.05) is 33.5 Å². The molecular formula is C6H16N4O2. The van der Waals surface area contributed by atoms with E-state index in [2.05, 4.69) is 10.4 Å². The lowest BCUT2D eigenvalue weighted by atomic mass is 10.7. The summed E-state index contributed by atoms with van der Waals surface area (Å²) < 4.78 is 9.89. The smallest absolute Gasteiger partial charge is 0.203 e. The molecule has 5 N–H and O–H groups in total. The van der Waals surface area contributed by atoms with Gasteiger partial charge in [0, 0.05) is 7.11 Å². The van der Waals surface area contributed by atoms with E-state index in [0.29, 0.717) is 26.4 Å². The summed E-state index contributed by atoms with van der Waals surface area (Å²) in [6, 6.07) is 0. The summed E-state index contributed by atoms with van der Waals surface area (Å²) in [4.78, 5) is 3.83. The summed E-state index contributed by atoms with van der Waals surface area (Å²) in [6.07, 6.45) is 0. The summed E-state index contributed by atoms with van der Waals surface area (Å²) >= 11 is 0. The zero-order chi connectivity index (χ0) is 9.23. The Hall–Kier alpha value is -0.850. The summed E-state index contributed by atoms with van der Waals surface area (Å²) in [5.74, 6) is 5.18. The Morgan fingerprint density at radius 2 is 2.17 bits per heavy atom. The molecule has 6 nitrogen and oxygen atoms in total. The Morgan fingerprint density at radius 1 is 1.42 bits per heavy atom. The molecule has 12 heavy (non-hydrogen) atoms. The second kappa shape index (κ2) is 8.25. The largest absolute Gasteiger partial charge is 0.382 e. The lowest BCUT2D eigenvalue weighted by Crippen LogP contribution is -2.37. The number of nitrogens with zero attached hydrogens (tertiary/aromatic N) is 1. The van der Waals surface area contributed by atoms with Gasteiger partial charge in [0.15, 0.2) is 0 Å². The van der Waals surface area contributed by atoms with E-state index in [1.165, 1.54) is 0 Å². The first-order valence-corrected chi connectivity index (χ1v) is 3.64. The molecule has 0 bridgehead atoms.